The molecule has 1 heterocycles. The van der Waals surface area contributed by atoms with Crippen molar-refractivity contribution in [3.63, 3.8) is 0 Å². The zero-order valence-electron chi connectivity index (χ0n) is 21.2. The fraction of sp³-hybridized carbons (Fsp3) is 0.414. The molecule has 0 saturated heterocycles. The molecule has 39 heavy (non-hydrogen) atoms. The number of hydrogen-bond donors (Lipinski definition) is 3. The molecule has 7 nitrogen and oxygen atoms in total. The fourth-order valence-corrected chi connectivity index (χ4v) is 5.68. The molecule has 0 aliphatic rings. The van der Waals surface area contributed by atoms with Crippen LogP contribution in [0.2, 0.25) is 0 Å². The molecule has 202 valence electrons. The summed E-state index contributed by atoms with van der Waals surface area (Å²) in [5, 5.41) is 29.5. The number of unbranched alkanes of at least 4 members (excludes halogenated alkanes) is 1. The number of aliphatic hydroxyl groups excluding tert-OH is 1. The van der Waals surface area contributed by atoms with Crippen LogP contribution < -0.4 is 5.43 Å². The number of hydrogen-bond acceptors (Lipinski definition) is 6. The maximum atomic E-state index is 12.6. The Balaban J connectivity index is 0.00000380. The summed E-state index contributed by atoms with van der Waals surface area (Å²) in [6.07, 6.45) is 4.30. The van der Waals surface area contributed by atoms with Crippen LogP contribution in [-0.4, -0.2) is 92.5 Å². The van der Waals surface area contributed by atoms with Gasteiger partial charge in [-0.2, -0.15) is 0 Å². The van der Waals surface area contributed by atoms with E-state index in [1.807, 2.05) is 25.1 Å². The predicted molar refractivity (Wildman–Crippen MR) is 159 cm³/mol. The van der Waals surface area contributed by atoms with E-state index in [2.05, 4.69) is 19.1 Å². The van der Waals surface area contributed by atoms with Crippen LogP contribution >= 0.6 is 11.8 Å². The molecule has 0 saturated carbocycles. The summed E-state index contributed by atoms with van der Waals surface area (Å²) in [4.78, 5) is 35.9. The molecular formula is C29H36Na2O7S. The first-order chi connectivity index (χ1) is 17.7. The summed E-state index contributed by atoms with van der Waals surface area (Å²) in [5.41, 5.74) is 2.70. The van der Waals surface area contributed by atoms with E-state index in [0.717, 1.165) is 47.8 Å². The van der Waals surface area contributed by atoms with Gasteiger partial charge in [0.1, 0.15) is 5.58 Å². The number of benzene rings is 2. The molecule has 0 bridgehead atoms. The molecule has 0 amide bonds. The quantitative estimate of drug-likeness (QED) is 0.183. The topological polar surface area (TPSA) is 125 Å². The van der Waals surface area contributed by atoms with Gasteiger partial charge in [0, 0.05) is 22.9 Å². The van der Waals surface area contributed by atoms with Crippen molar-refractivity contribution >= 4 is 93.8 Å². The molecule has 0 spiro atoms. The van der Waals surface area contributed by atoms with Gasteiger partial charge in [0.25, 0.3) is 0 Å². The summed E-state index contributed by atoms with van der Waals surface area (Å²) in [5.74, 6) is -2.62. The molecular weight excluding hydrogens is 538 g/mol. The normalized spacial score (nSPS) is 12.3. The second-order valence-electron chi connectivity index (χ2n) is 9.19. The van der Waals surface area contributed by atoms with Gasteiger partial charge in [-0.05, 0) is 55.4 Å². The summed E-state index contributed by atoms with van der Waals surface area (Å²) in [7, 11) is 0. The number of thioether (sulfide) groups is 1. The van der Waals surface area contributed by atoms with Crippen LogP contribution in [-0.2, 0) is 17.6 Å². The molecule has 10 heteroatoms. The third-order valence-electron chi connectivity index (χ3n) is 6.29. The van der Waals surface area contributed by atoms with Crippen LogP contribution in [0, 0.1) is 0 Å². The summed E-state index contributed by atoms with van der Waals surface area (Å²) < 4.78 is 5.68. The van der Waals surface area contributed by atoms with E-state index < -0.39 is 34.5 Å². The number of fused-ring (bicyclic) bond motifs is 1. The molecule has 0 fully saturated rings. The number of aliphatic hydroxyl groups is 1. The molecule has 3 N–H and O–H groups in total. The van der Waals surface area contributed by atoms with Gasteiger partial charge in [-0.25, -0.2) is 4.79 Å². The van der Waals surface area contributed by atoms with E-state index in [-0.39, 0.29) is 71.1 Å². The predicted octanol–water partition coefficient (Wildman–Crippen LogP) is 4.94. The number of aromatic carboxylic acids is 1. The van der Waals surface area contributed by atoms with Crippen LogP contribution in [0.4, 0.5) is 0 Å². The molecule has 3 rings (SSSR count). The Kier molecular flexibility index (Phi) is 16.3. The minimum absolute atomic E-state index is 0. The van der Waals surface area contributed by atoms with Crippen molar-refractivity contribution in [3.8, 4) is 0 Å². The number of rotatable bonds is 14. The monoisotopic (exact) mass is 574 g/mol. The van der Waals surface area contributed by atoms with Gasteiger partial charge >= 0.3 is 71.1 Å². The van der Waals surface area contributed by atoms with Crippen molar-refractivity contribution in [2.75, 3.05) is 0 Å². The fourth-order valence-electron chi connectivity index (χ4n) is 4.33. The van der Waals surface area contributed by atoms with Gasteiger partial charge in [0.2, 0.25) is 5.76 Å². The first-order valence-corrected chi connectivity index (χ1v) is 13.6. The molecule has 0 aliphatic heterocycles. The molecule has 3 aromatic rings. The molecule has 2 atom stereocenters. The Morgan fingerprint density at radius 2 is 1.64 bits per heavy atom. The van der Waals surface area contributed by atoms with Crippen molar-refractivity contribution in [2.45, 2.75) is 81.5 Å². The zero-order valence-corrected chi connectivity index (χ0v) is 22.1. The molecule has 0 aliphatic carbocycles. The third kappa shape index (κ3) is 10.0. The van der Waals surface area contributed by atoms with E-state index in [9.17, 15) is 24.6 Å². The second kappa shape index (κ2) is 17.7. The van der Waals surface area contributed by atoms with Gasteiger partial charge in [0.05, 0.1) is 16.7 Å². The number of carboxylic acid groups (broad SMARTS) is 2. The average molecular weight is 575 g/mol. The van der Waals surface area contributed by atoms with E-state index in [1.165, 1.54) is 17.3 Å². The van der Waals surface area contributed by atoms with Gasteiger partial charge < -0.3 is 19.7 Å². The molecule has 0 radical (unpaired) electrons. The Morgan fingerprint density at radius 3 is 2.23 bits per heavy atom. The summed E-state index contributed by atoms with van der Waals surface area (Å²) in [6.45, 7) is 4.13. The van der Waals surface area contributed by atoms with Crippen LogP contribution in [0.25, 0.3) is 11.0 Å². The van der Waals surface area contributed by atoms with Crippen molar-refractivity contribution in [1.29, 1.82) is 0 Å². The van der Waals surface area contributed by atoms with Gasteiger partial charge in [-0.1, -0.05) is 51.0 Å². The first kappa shape index (κ1) is 35.9. The van der Waals surface area contributed by atoms with Crippen molar-refractivity contribution in [2.24, 2.45) is 0 Å². The number of carbonyl (C=O) groups is 2. The summed E-state index contributed by atoms with van der Waals surface area (Å²) >= 11 is 1.43. The number of aryl methyl sites for hydroxylation is 2. The van der Waals surface area contributed by atoms with Crippen molar-refractivity contribution < 1.29 is 29.3 Å². The average Bonchev–Trinajstić information content (AvgIpc) is 2.87. The van der Waals surface area contributed by atoms with Crippen LogP contribution in [0.1, 0.15) is 84.9 Å². The van der Waals surface area contributed by atoms with Crippen LogP contribution in [0.3, 0.4) is 0 Å². The van der Waals surface area contributed by atoms with Crippen LogP contribution in [0.15, 0.2) is 56.6 Å². The third-order valence-corrected chi connectivity index (χ3v) is 7.77. The Bertz CT molecular complexity index is 1290. The number of aliphatic carboxylic acids is 1. The minimum atomic E-state index is -1.31. The summed E-state index contributed by atoms with van der Waals surface area (Å²) in [6, 6.07) is 12.6. The maximum absolute atomic E-state index is 12.6. The van der Waals surface area contributed by atoms with Crippen LogP contribution in [0.5, 0.6) is 0 Å². The van der Waals surface area contributed by atoms with E-state index in [1.54, 1.807) is 6.07 Å². The SMILES string of the molecule is CCCCc1ccc(C(Sc2ccc3c(=O)cc(C(=O)O)oc3c2CCC)C(O)CCCC(=O)O)cc1.[NaH].[NaH]. The number of carboxylic acids is 2. The van der Waals surface area contributed by atoms with Gasteiger partial charge in [0.15, 0.2) is 5.43 Å². The molecule has 1 aromatic heterocycles. The van der Waals surface area contributed by atoms with E-state index in [4.69, 9.17) is 9.52 Å². The second-order valence-corrected chi connectivity index (χ2v) is 10.4. The molecule has 2 unspecified atom stereocenters. The molecule has 2 aromatic carbocycles. The van der Waals surface area contributed by atoms with Crippen molar-refractivity contribution in [3.05, 3.63) is 75.1 Å². The van der Waals surface area contributed by atoms with Gasteiger partial charge in [-0.3, -0.25) is 9.59 Å². The standard InChI is InChI=1S/C29H34O7S.2Na.2H/c1-3-5-8-18-11-13-19(14-12-18)28(22(30)9-6-10-26(32)33)37-25-16-15-20-23(31)17-24(29(34)35)36-27(20)21(25)7-4-2;;;;/h11-17,22,28,30H,3-10H2,1-2H3,(H,32,33)(H,34,35);;;;. The van der Waals surface area contributed by atoms with E-state index in [0.29, 0.717) is 24.6 Å². The Labute approximate surface area is 277 Å². The Hall–Kier alpha value is -1.10. The van der Waals surface area contributed by atoms with Crippen molar-refractivity contribution in [1.82, 2.24) is 0 Å². The van der Waals surface area contributed by atoms with Gasteiger partial charge in [-0.15, -0.1) is 11.8 Å². The Morgan fingerprint density at radius 1 is 0.949 bits per heavy atom. The van der Waals surface area contributed by atoms with E-state index >= 15 is 0 Å². The zero-order chi connectivity index (χ0) is 26.9. The first-order valence-electron chi connectivity index (χ1n) is 12.7.